The smallest absolute Gasteiger partial charge is 1.00 e. The van der Waals surface area contributed by atoms with Crippen LogP contribution in [0.3, 0.4) is 0 Å². The van der Waals surface area contributed by atoms with E-state index in [1.165, 1.54) is 0 Å². The maximum Gasteiger partial charge on any atom is 1.00 e. The summed E-state index contributed by atoms with van der Waals surface area (Å²) < 4.78 is 0. The van der Waals surface area contributed by atoms with Crippen molar-refractivity contribution < 1.29 is 30.5 Å². The van der Waals surface area contributed by atoms with Crippen molar-refractivity contribution in [2.75, 3.05) is 0 Å². The zero-order chi connectivity index (χ0) is 9.97. The average Bonchev–Trinajstić information content (AvgIpc) is 2.20. The maximum absolute atomic E-state index is 9.58. The van der Waals surface area contributed by atoms with Crippen LogP contribution < -0.4 is 18.9 Å². The van der Waals surface area contributed by atoms with Gasteiger partial charge in [0.2, 0.25) is 0 Å². The zero-order valence-corrected chi connectivity index (χ0v) is 8.51. The van der Waals surface area contributed by atoms with Crippen LogP contribution in [0.5, 0.6) is 11.5 Å². The molecule has 2 aromatic rings. The average molecular weight is 194 g/mol. The van der Waals surface area contributed by atoms with Gasteiger partial charge in [-0.25, -0.2) is 0 Å². The van der Waals surface area contributed by atoms with Crippen LogP contribution in [-0.2, 0) is 0 Å². The first-order valence-corrected chi connectivity index (χ1v) is 4.35. The predicted molar refractivity (Wildman–Crippen MR) is 56.3 cm³/mol. The molecule has 0 amide bonds. The van der Waals surface area contributed by atoms with Crippen molar-refractivity contribution in [2.24, 2.45) is 0 Å². The summed E-state index contributed by atoms with van der Waals surface area (Å²) in [6.45, 7) is 0. The number of rotatable bonds is 1. The molecule has 0 aliphatic carbocycles. The SMILES string of the molecule is Oc1ccccc1-c1ccccc1O.[H-].[Li+]. The van der Waals surface area contributed by atoms with Crippen molar-refractivity contribution in [2.45, 2.75) is 0 Å². The molecule has 0 saturated carbocycles. The van der Waals surface area contributed by atoms with E-state index in [4.69, 9.17) is 0 Å². The third-order valence-corrected chi connectivity index (χ3v) is 2.10. The molecule has 2 nitrogen and oxygen atoms in total. The third kappa shape index (κ3) is 2.36. The van der Waals surface area contributed by atoms with Crippen molar-refractivity contribution in [3.8, 4) is 22.6 Å². The standard InChI is InChI=1S/C12H10O2.Li.H/c13-11-7-3-1-5-9(11)10-6-2-4-8-12(10)14;;/h1-8,13-14H;;/q;+1;-1. The summed E-state index contributed by atoms with van der Waals surface area (Å²) in [6, 6.07) is 13.9. The second-order valence-corrected chi connectivity index (χ2v) is 3.03. The van der Waals surface area contributed by atoms with Crippen molar-refractivity contribution in [1.29, 1.82) is 0 Å². The third-order valence-electron chi connectivity index (χ3n) is 2.10. The van der Waals surface area contributed by atoms with Gasteiger partial charge in [0.1, 0.15) is 11.5 Å². The Morgan fingerprint density at radius 2 is 1.00 bits per heavy atom. The van der Waals surface area contributed by atoms with Crippen LogP contribution in [-0.4, -0.2) is 10.2 Å². The molecule has 0 unspecified atom stereocenters. The Labute approximate surface area is 102 Å². The van der Waals surface area contributed by atoms with Gasteiger partial charge in [0.25, 0.3) is 0 Å². The Balaban J connectivity index is 0.00000112. The van der Waals surface area contributed by atoms with Crippen molar-refractivity contribution >= 4 is 0 Å². The molecule has 0 aromatic heterocycles. The Hall–Kier alpha value is -1.36. The molecule has 0 bridgehead atoms. The van der Waals surface area contributed by atoms with Crippen LogP contribution in [0.25, 0.3) is 11.1 Å². The first-order valence-electron chi connectivity index (χ1n) is 4.35. The molecule has 0 spiro atoms. The fraction of sp³-hybridized carbons (Fsp3) is 0. The summed E-state index contributed by atoms with van der Waals surface area (Å²) in [7, 11) is 0. The minimum Gasteiger partial charge on any atom is -1.00 e. The van der Waals surface area contributed by atoms with Gasteiger partial charge in [-0.1, -0.05) is 36.4 Å². The molecule has 2 N–H and O–H groups in total. The van der Waals surface area contributed by atoms with E-state index in [0.717, 1.165) is 0 Å². The molecular weight excluding hydrogens is 183 g/mol. The van der Waals surface area contributed by atoms with E-state index < -0.39 is 0 Å². The quantitative estimate of drug-likeness (QED) is 0.621. The van der Waals surface area contributed by atoms with E-state index in [9.17, 15) is 10.2 Å². The fourth-order valence-corrected chi connectivity index (χ4v) is 1.40. The predicted octanol–water partition coefficient (Wildman–Crippen LogP) is -0.119. The summed E-state index contributed by atoms with van der Waals surface area (Å²) in [4.78, 5) is 0. The second kappa shape index (κ2) is 4.93. The minimum absolute atomic E-state index is 0. The Morgan fingerprint density at radius 3 is 1.33 bits per heavy atom. The molecule has 72 valence electrons. The van der Waals surface area contributed by atoms with Crippen molar-refractivity contribution in [1.82, 2.24) is 0 Å². The van der Waals surface area contributed by atoms with E-state index in [0.29, 0.717) is 11.1 Å². The summed E-state index contributed by atoms with van der Waals surface area (Å²) in [5.41, 5.74) is 1.29. The molecule has 15 heavy (non-hydrogen) atoms. The van der Waals surface area contributed by atoms with Crippen LogP contribution in [0, 0.1) is 0 Å². The fourth-order valence-electron chi connectivity index (χ4n) is 1.40. The monoisotopic (exact) mass is 194 g/mol. The number of para-hydroxylation sites is 2. The number of phenols is 2. The van der Waals surface area contributed by atoms with Crippen LogP contribution in [0.2, 0.25) is 0 Å². The van der Waals surface area contributed by atoms with Gasteiger partial charge in [-0.3, -0.25) is 0 Å². The van der Waals surface area contributed by atoms with E-state index >= 15 is 0 Å². The Bertz CT molecular complexity index is 417. The minimum atomic E-state index is 0. The van der Waals surface area contributed by atoms with E-state index in [1.807, 2.05) is 12.1 Å². The molecule has 0 fully saturated rings. The van der Waals surface area contributed by atoms with Crippen LogP contribution in [0.15, 0.2) is 48.5 Å². The molecule has 3 heteroatoms. The van der Waals surface area contributed by atoms with E-state index in [-0.39, 0.29) is 31.8 Å². The summed E-state index contributed by atoms with van der Waals surface area (Å²) in [6.07, 6.45) is 0. The number of phenolic OH excluding ortho intramolecular Hbond substituents is 2. The Morgan fingerprint density at radius 1 is 0.667 bits per heavy atom. The van der Waals surface area contributed by atoms with E-state index in [2.05, 4.69) is 0 Å². The topological polar surface area (TPSA) is 40.5 Å². The van der Waals surface area contributed by atoms with Crippen LogP contribution in [0.1, 0.15) is 1.43 Å². The number of benzene rings is 2. The molecular formula is C12H11LiO2. The Kier molecular flexibility index (Phi) is 3.85. The molecule has 2 rings (SSSR count). The molecule has 0 aliphatic heterocycles. The first-order chi connectivity index (χ1) is 6.79. The number of hydrogen-bond donors (Lipinski definition) is 2. The maximum atomic E-state index is 9.58. The summed E-state index contributed by atoms with van der Waals surface area (Å²) >= 11 is 0. The molecule has 0 radical (unpaired) electrons. The van der Waals surface area contributed by atoms with Crippen molar-refractivity contribution in [3.05, 3.63) is 48.5 Å². The largest absolute Gasteiger partial charge is 1.00 e. The summed E-state index contributed by atoms with van der Waals surface area (Å²) in [5.74, 6) is 0.350. The van der Waals surface area contributed by atoms with Crippen LogP contribution >= 0.6 is 0 Å². The first kappa shape index (κ1) is 11.7. The van der Waals surface area contributed by atoms with Gasteiger partial charge in [0.15, 0.2) is 0 Å². The molecule has 0 saturated heterocycles. The molecule has 0 atom stereocenters. The van der Waals surface area contributed by atoms with Gasteiger partial charge in [0.05, 0.1) is 0 Å². The van der Waals surface area contributed by atoms with Crippen LogP contribution in [0.4, 0.5) is 0 Å². The van der Waals surface area contributed by atoms with Gasteiger partial charge < -0.3 is 11.6 Å². The normalized spacial score (nSPS) is 9.33. The molecule has 0 aliphatic rings. The van der Waals surface area contributed by atoms with Gasteiger partial charge in [0, 0.05) is 11.1 Å². The number of aromatic hydroxyl groups is 2. The molecule has 0 heterocycles. The number of hydrogen-bond acceptors (Lipinski definition) is 2. The van der Waals surface area contributed by atoms with Crippen molar-refractivity contribution in [3.63, 3.8) is 0 Å². The molecule has 2 aromatic carbocycles. The van der Waals surface area contributed by atoms with Gasteiger partial charge in [-0.05, 0) is 12.1 Å². The summed E-state index contributed by atoms with van der Waals surface area (Å²) in [5, 5.41) is 19.2. The zero-order valence-electron chi connectivity index (χ0n) is 9.51. The van der Waals surface area contributed by atoms with Gasteiger partial charge >= 0.3 is 18.9 Å². The van der Waals surface area contributed by atoms with Gasteiger partial charge in [-0.2, -0.15) is 0 Å². The second-order valence-electron chi connectivity index (χ2n) is 3.03. The van der Waals surface area contributed by atoms with E-state index in [1.54, 1.807) is 36.4 Å². The van der Waals surface area contributed by atoms with Gasteiger partial charge in [-0.15, -0.1) is 0 Å².